The van der Waals surface area contributed by atoms with Gasteiger partial charge in [0.15, 0.2) is 4.34 Å². The third-order valence-electron chi connectivity index (χ3n) is 3.50. The maximum atomic E-state index is 12.5. The minimum atomic E-state index is -0.584. The van der Waals surface area contributed by atoms with E-state index in [1.807, 2.05) is 27.0 Å². The molecule has 3 rings (SSSR count). The Bertz CT molecular complexity index is 826. The van der Waals surface area contributed by atoms with Crippen molar-refractivity contribution in [1.29, 1.82) is 0 Å². The Labute approximate surface area is 158 Å². The van der Waals surface area contributed by atoms with Crippen LogP contribution < -0.4 is 5.32 Å². The fourth-order valence-electron chi connectivity index (χ4n) is 2.37. The van der Waals surface area contributed by atoms with Crippen LogP contribution in [0.4, 0.5) is 9.93 Å². The summed E-state index contributed by atoms with van der Waals surface area (Å²) in [6.07, 6.45) is 1.95. The zero-order valence-corrected chi connectivity index (χ0v) is 16.5. The Kier molecular flexibility index (Phi) is 5.19. The highest BCUT2D eigenvalue weighted by molar-refractivity contribution is 8.00. The molecule has 11 heteroatoms. The number of thioether (sulfide) groups is 1. The second-order valence-electron chi connectivity index (χ2n) is 6.62. The second kappa shape index (κ2) is 7.23. The molecule has 0 bridgehead atoms. The Morgan fingerprint density at radius 1 is 1.35 bits per heavy atom. The summed E-state index contributed by atoms with van der Waals surface area (Å²) < 4.78 is 11.4. The fourth-order valence-corrected chi connectivity index (χ4v) is 3.53. The number of nitrogens with one attached hydrogen (secondary N) is 1. The largest absolute Gasteiger partial charge is 0.444 e. The molecular formula is C15H19N5O4S2. The molecule has 0 atom stereocenters. The van der Waals surface area contributed by atoms with Crippen molar-refractivity contribution in [3.8, 4) is 0 Å². The number of fused-ring (bicyclic) bond motifs is 1. The van der Waals surface area contributed by atoms with Crippen molar-refractivity contribution in [3.05, 3.63) is 17.0 Å². The number of aromatic nitrogens is 3. The van der Waals surface area contributed by atoms with Crippen molar-refractivity contribution in [2.75, 3.05) is 18.1 Å². The molecule has 9 nitrogen and oxygen atoms in total. The molecule has 2 aromatic rings. The van der Waals surface area contributed by atoms with Gasteiger partial charge in [-0.25, -0.2) is 4.79 Å². The molecule has 140 valence electrons. The van der Waals surface area contributed by atoms with Crippen molar-refractivity contribution < 1.29 is 18.8 Å². The highest BCUT2D eigenvalue weighted by Crippen LogP contribution is 2.26. The quantitative estimate of drug-likeness (QED) is 0.622. The standard InChI is InChI=1S/C15H19N5O4S2/c1-15(2,3)23-14(22)20-6-5-9-8(7-20)10(24-19-9)11(21)16-12-17-18-13(25-4)26-12/h5-7H2,1-4H3,(H,16,17,21). The van der Waals surface area contributed by atoms with Crippen molar-refractivity contribution >= 4 is 40.2 Å². The van der Waals surface area contributed by atoms with Crippen LogP contribution in [0.3, 0.4) is 0 Å². The molecule has 3 heterocycles. The molecule has 0 saturated carbocycles. The summed E-state index contributed by atoms with van der Waals surface area (Å²) in [6, 6.07) is 0. The SMILES string of the molecule is CSc1nnc(NC(=O)c2onc3c2CN(C(=O)OC(C)(C)C)CC3)s1. The van der Waals surface area contributed by atoms with Crippen LogP contribution >= 0.6 is 23.1 Å². The Morgan fingerprint density at radius 2 is 2.12 bits per heavy atom. The van der Waals surface area contributed by atoms with E-state index in [1.54, 1.807) is 4.90 Å². The lowest BCUT2D eigenvalue weighted by Crippen LogP contribution is -2.40. The summed E-state index contributed by atoms with van der Waals surface area (Å²) in [4.78, 5) is 26.3. The molecule has 0 radical (unpaired) electrons. The molecule has 0 saturated heterocycles. The molecule has 2 amide bonds. The van der Waals surface area contributed by atoms with Gasteiger partial charge in [0.1, 0.15) is 5.60 Å². The number of hydrogen-bond donors (Lipinski definition) is 1. The third kappa shape index (κ3) is 4.15. The van der Waals surface area contributed by atoms with E-state index in [1.165, 1.54) is 23.1 Å². The number of hydrogen-bond acceptors (Lipinski definition) is 9. The minimum Gasteiger partial charge on any atom is -0.444 e. The number of carbonyl (C=O) groups excluding carboxylic acids is 2. The first-order valence-corrected chi connectivity index (χ1v) is 9.95. The van der Waals surface area contributed by atoms with Gasteiger partial charge in [-0.2, -0.15) is 0 Å². The van der Waals surface area contributed by atoms with Gasteiger partial charge in [0.05, 0.1) is 12.2 Å². The molecule has 2 aromatic heterocycles. The van der Waals surface area contributed by atoms with Gasteiger partial charge in [0.25, 0.3) is 5.91 Å². The summed E-state index contributed by atoms with van der Waals surface area (Å²) in [5.41, 5.74) is 0.685. The molecule has 26 heavy (non-hydrogen) atoms. The lowest BCUT2D eigenvalue weighted by atomic mass is 10.1. The first-order chi connectivity index (χ1) is 12.3. The molecule has 0 spiro atoms. The highest BCUT2D eigenvalue weighted by Gasteiger charge is 2.32. The van der Waals surface area contributed by atoms with Crippen LogP contribution in [0.1, 0.15) is 42.6 Å². The highest BCUT2D eigenvalue weighted by atomic mass is 32.2. The van der Waals surface area contributed by atoms with Crippen molar-refractivity contribution in [2.45, 2.75) is 43.7 Å². The first kappa shape index (κ1) is 18.6. The normalized spacial score (nSPS) is 14.1. The lowest BCUT2D eigenvalue weighted by Gasteiger charge is -2.29. The van der Waals surface area contributed by atoms with Crippen LogP contribution in [0.2, 0.25) is 0 Å². The summed E-state index contributed by atoms with van der Waals surface area (Å²) in [5.74, 6) is -0.386. The average molecular weight is 397 g/mol. The summed E-state index contributed by atoms with van der Waals surface area (Å²) >= 11 is 2.71. The fraction of sp³-hybridized carbons (Fsp3) is 0.533. The number of amides is 2. The van der Waals surface area contributed by atoms with Gasteiger partial charge < -0.3 is 14.2 Å². The van der Waals surface area contributed by atoms with E-state index in [0.717, 1.165) is 4.34 Å². The predicted octanol–water partition coefficient (Wildman–Crippen LogP) is 2.79. The molecule has 1 N–H and O–H groups in total. The van der Waals surface area contributed by atoms with Crippen LogP contribution in [0.5, 0.6) is 0 Å². The zero-order valence-electron chi connectivity index (χ0n) is 14.9. The van der Waals surface area contributed by atoms with Crippen molar-refractivity contribution in [3.63, 3.8) is 0 Å². The topological polar surface area (TPSA) is 110 Å². The Balaban J connectivity index is 1.73. The van der Waals surface area contributed by atoms with Crippen molar-refractivity contribution in [1.82, 2.24) is 20.3 Å². The minimum absolute atomic E-state index is 0.0779. The first-order valence-electron chi connectivity index (χ1n) is 7.91. The van der Waals surface area contributed by atoms with Gasteiger partial charge in [-0.15, -0.1) is 10.2 Å². The van der Waals surface area contributed by atoms with Crippen LogP contribution in [0, 0.1) is 0 Å². The summed E-state index contributed by atoms with van der Waals surface area (Å²) in [5, 5.41) is 14.8. The molecule has 0 fully saturated rings. The van der Waals surface area contributed by atoms with Gasteiger partial charge in [-0.05, 0) is 27.0 Å². The van der Waals surface area contributed by atoms with E-state index >= 15 is 0 Å². The molecule has 1 aliphatic rings. The summed E-state index contributed by atoms with van der Waals surface area (Å²) in [6.45, 7) is 6.10. The number of rotatable bonds is 3. The zero-order chi connectivity index (χ0) is 18.9. The maximum absolute atomic E-state index is 12.5. The van der Waals surface area contributed by atoms with Gasteiger partial charge in [0, 0.05) is 18.5 Å². The van der Waals surface area contributed by atoms with E-state index in [4.69, 9.17) is 9.26 Å². The van der Waals surface area contributed by atoms with Crippen LogP contribution in [-0.4, -0.2) is 50.7 Å². The number of carbonyl (C=O) groups is 2. The predicted molar refractivity (Wildman–Crippen MR) is 96.5 cm³/mol. The van der Waals surface area contributed by atoms with Gasteiger partial charge in [-0.1, -0.05) is 28.3 Å². The Hall–Kier alpha value is -2.14. The van der Waals surface area contributed by atoms with Gasteiger partial charge in [-0.3, -0.25) is 10.1 Å². The maximum Gasteiger partial charge on any atom is 0.410 e. The lowest BCUT2D eigenvalue weighted by molar-refractivity contribution is 0.0222. The number of anilines is 1. The summed E-state index contributed by atoms with van der Waals surface area (Å²) in [7, 11) is 0. The van der Waals surface area contributed by atoms with E-state index in [0.29, 0.717) is 29.4 Å². The number of nitrogens with zero attached hydrogens (tertiary/aromatic N) is 4. The monoisotopic (exact) mass is 397 g/mol. The van der Waals surface area contributed by atoms with Crippen LogP contribution in [-0.2, 0) is 17.7 Å². The van der Waals surface area contributed by atoms with E-state index in [9.17, 15) is 9.59 Å². The van der Waals surface area contributed by atoms with E-state index in [2.05, 4.69) is 20.7 Å². The second-order valence-corrected chi connectivity index (χ2v) is 8.65. The van der Waals surface area contributed by atoms with E-state index in [-0.39, 0.29) is 12.3 Å². The average Bonchev–Trinajstić information content (AvgIpc) is 3.18. The van der Waals surface area contributed by atoms with Crippen LogP contribution in [0.25, 0.3) is 0 Å². The van der Waals surface area contributed by atoms with Crippen molar-refractivity contribution in [2.24, 2.45) is 0 Å². The third-order valence-corrected chi connectivity index (χ3v) is 5.31. The van der Waals surface area contributed by atoms with Crippen LogP contribution in [0.15, 0.2) is 8.86 Å². The van der Waals surface area contributed by atoms with E-state index < -0.39 is 17.6 Å². The van der Waals surface area contributed by atoms with Gasteiger partial charge in [0.2, 0.25) is 10.9 Å². The molecule has 0 aromatic carbocycles. The number of ether oxygens (including phenoxy) is 1. The van der Waals surface area contributed by atoms with Gasteiger partial charge >= 0.3 is 6.09 Å². The molecular weight excluding hydrogens is 378 g/mol. The molecule has 0 unspecified atom stereocenters. The molecule has 1 aliphatic heterocycles. The smallest absolute Gasteiger partial charge is 0.410 e. The Morgan fingerprint density at radius 3 is 2.77 bits per heavy atom. The molecule has 0 aliphatic carbocycles.